The van der Waals surface area contributed by atoms with E-state index >= 15 is 0 Å². The molecular weight excluding hydrogens is 162 g/mol. The highest BCUT2D eigenvalue weighted by molar-refractivity contribution is 5.25. The number of hydrogen-bond donors (Lipinski definition) is 2. The van der Waals surface area contributed by atoms with Gasteiger partial charge in [0.15, 0.2) is 0 Å². The maximum absolute atomic E-state index is 9.64. The third-order valence-corrected chi connectivity index (χ3v) is 1.65. The molecule has 13 heavy (non-hydrogen) atoms. The van der Waals surface area contributed by atoms with Gasteiger partial charge in [-0.05, 0) is 5.57 Å². The molecule has 2 heteroatoms. The number of aliphatic hydroxyl groups excluding tert-OH is 1. The second-order valence-corrected chi connectivity index (χ2v) is 3.19. The van der Waals surface area contributed by atoms with E-state index < -0.39 is 6.10 Å². The van der Waals surface area contributed by atoms with Gasteiger partial charge in [-0.25, -0.2) is 0 Å². The van der Waals surface area contributed by atoms with Gasteiger partial charge >= 0.3 is 0 Å². The summed E-state index contributed by atoms with van der Waals surface area (Å²) in [6.07, 6.45) is 4.56. The lowest BCUT2D eigenvalue weighted by Crippen LogP contribution is -2.32. The van der Waals surface area contributed by atoms with E-state index in [0.717, 1.165) is 5.57 Å². The van der Waals surface area contributed by atoms with Crippen LogP contribution in [-0.2, 0) is 0 Å². The van der Waals surface area contributed by atoms with Crippen LogP contribution in [0.4, 0.5) is 0 Å². The van der Waals surface area contributed by atoms with E-state index in [1.54, 1.807) is 18.2 Å². The first-order valence-corrected chi connectivity index (χ1v) is 4.48. The van der Waals surface area contributed by atoms with Crippen LogP contribution in [0.2, 0.25) is 0 Å². The van der Waals surface area contributed by atoms with Gasteiger partial charge in [0.1, 0.15) is 0 Å². The Morgan fingerprint density at radius 3 is 2.46 bits per heavy atom. The lowest BCUT2D eigenvalue weighted by atomic mass is 10.1. The summed E-state index contributed by atoms with van der Waals surface area (Å²) in [6.45, 7) is 11.8. The fourth-order valence-corrected chi connectivity index (χ4v) is 0.916. The molecule has 0 amide bonds. The lowest BCUT2D eigenvalue weighted by Gasteiger charge is -2.14. The van der Waals surface area contributed by atoms with Gasteiger partial charge in [0.25, 0.3) is 0 Å². The van der Waals surface area contributed by atoms with E-state index in [0.29, 0.717) is 12.6 Å². The van der Waals surface area contributed by atoms with Crippen molar-refractivity contribution in [2.24, 2.45) is 0 Å². The fraction of sp³-hybridized carbons (Fsp3) is 0.455. The molecule has 0 fully saturated rings. The molecule has 0 aliphatic heterocycles. The van der Waals surface area contributed by atoms with Crippen LogP contribution >= 0.6 is 0 Å². The molecule has 0 aliphatic rings. The molecule has 1 atom stereocenters. The first kappa shape index (κ1) is 12.1. The standard InChI is InChI=1S/C11H19NO/c1-5-7-10(6-2)11(13)8-12-9(3)4/h5-7,9,11-13H,1-2,8H2,3-4H3/b10-7+. The van der Waals surface area contributed by atoms with Crippen molar-refractivity contribution in [1.29, 1.82) is 0 Å². The van der Waals surface area contributed by atoms with Gasteiger partial charge in [0.2, 0.25) is 0 Å². The van der Waals surface area contributed by atoms with Gasteiger partial charge in [-0.15, -0.1) is 0 Å². The zero-order valence-electron chi connectivity index (χ0n) is 8.46. The smallest absolute Gasteiger partial charge is 0.0914 e. The molecule has 2 N–H and O–H groups in total. The van der Waals surface area contributed by atoms with Crippen LogP contribution in [0.15, 0.2) is 37.0 Å². The van der Waals surface area contributed by atoms with Crippen molar-refractivity contribution >= 4 is 0 Å². The van der Waals surface area contributed by atoms with Gasteiger partial charge in [-0.2, -0.15) is 0 Å². The number of aliphatic hydroxyl groups is 1. The highest BCUT2D eigenvalue weighted by atomic mass is 16.3. The van der Waals surface area contributed by atoms with Crippen LogP contribution in [0.1, 0.15) is 13.8 Å². The van der Waals surface area contributed by atoms with Crippen LogP contribution in [-0.4, -0.2) is 23.8 Å². The van der Waals surface area contributed by atoms with Crippen LogP contribution in [0, 0.1) is 0 Å². The summed E-state index contributed by atoms with van der Waals surface area (Å²) in [5.41, 5.74) is 0.795. The lowest BCUT2D eigenvalue weighted by molar-refractivity contribution is 0.207. The first-order valence-electron chi connectivity index (χ1n) is 4.48. The molecule has 74 valence electrons. The van der Waals surface area contributed by atoms with Crippen molar-refractivity contribution in [1.82, 2.24) is 5.32 Å². The van der Waals surface area contributed by atoms with Crippen molar-refractivity contribution in [3.05, 3.63) is 37.0 Å². The summed E-state index contributed by atoms with van der Waals surface area (Å²) in [7, 11) is 0. The van der Waals surface area contributed by atoms with E-state index in [1.165, 1.54) is 0 Å². The third-order valence-electron chi connectivity index (χ3n) is 1.65. The summed E-state index contributed by atoms with van der Waals surface area (Å²) >= 11 is 0. The Morgan fingerprint density at radius 2 is 2.08 bits per heavy atom. The summed E-state index contributed by atoms with van der Waals surface area (Å²) in [6, 6.07) is 0.379. The predicted octanol–water partition coefficient (Wildman–Crippen LogP) is 1.64. The molecule has 0 heterocycles. The summed E-state index contributed by atoms with van der Waals surface area (Å²) in [4.78, 5) is 0. The van der Waals surface area contributed by atoms with Crippen molar-refractivity contribution in [3.63, 3.8) is 0 Å². The van der Waals surface area contributed by atoms with E-state index in [2.05, 4.69) is 18.5 Å². The molecule has 0 aromatic rings. The van der Waals surface area contributed by atoms with E-state index in [4.69, 9.17) is 0 Å². The van der Waals surface area contributed by atoms with Crippen molar-refractivity contribution < 1.29 is 5.11 Å². The second-order valence-electron chi connectivity index (χ2n) is 3.19. The Bertz CT molecular complexity index is 194. The highest BCUT2D eigenvalue weighted by Crippen LogP contribution is 2.03. The zero-order chi connectivity index (χ0) is 10.3. The van der Waals surface area contributed by atoms with Crippen LogP contribution < -0.4 is 5.32 Å². The molecule has 0 saturated carbocycles. The van der Waals surface area contributed by atoms with E-state index in [9.17, 15) is 5.11 Å². The van der Waals surface area contributed by atoms with Crippen LogP contribution in [0.5, 0.6) is 0 Å². The van der Waals surface area contributed by atoms with Gasteiger partial charge in [0, 0.05) is 12.6 Å². The van der Waals surface area contributed by atoms with Gasteiger partial charge in [0.05, 0.1) is 6.10 Å². The average Bonchev–Trinajstić information content (AvgIpc) is 2.10. The Kier molecular flexibility index (Phi) is 6.20. The molecule has 0 saturated heterocycles. The van der Waals surface area contributed by atoms with Gasteiger partial charge in [-0.1, -0.05) is 45.2 Å². The maximum atomic E-state index is 9.64. The molecule has 0 aromatic carbocycles. The Labute approximate surface area is 80.7 Å². The number of allylic oxidation sites excluding steroid dienone is 2. The molecule has 0 aromatic heterocycles. The topological polar surface area (TPSA) is 32.3 Å². The fourth-order valence-electron chi connectivity index (χ4n) is 0.916. The highest BCUT2D eigenvalue weighted by Gasteiger charge is 2.06. The Balaban J connectivity index is 4.06. The minimum absolute atomic E-state index is 0.379. The molecule has 0 radical (unpaired) electrons. The minimum Gasteiger partial charge on any atom is -0.387 e. The Hall–Kier alpha value is -0.860. The number of hydrogen-bond acceptors (Lipinski definition) is 2. The third kappa shape index (κ3) is 5.39. The first-order chi connectivity index (χ1) is 6.11. The second kappa shape index (κ2) is 6.63. The quantitative estimate of drug-likeness (QED) is 0.611. The molecule has 0 rings (SSSR count). The van der Waals surface area contributed by atoms with Gasteiger partial charge < -0.3 is 10.4 Å². The zero-order valence-corrected chi connectivity index (χ0v) is 8.46. The molecular formula is C11H19NO. The monoisotopic (exact) mass is 181 g/mol. The largest absolute Gasteiger partial charge is 0.387 e. The SMILES string of the molecule is C=C/C=C(\C=C)C(O)CNC(C)C. The maximum Gasteiger partial charge on any atom is 0.0914 e. The molecule has 0 bridgehead atoms. The predicted molar refractivity (Wildman–Crippen MR) is 57.6 cm³/mol. The molecule has 1 unspecified atom stereocenters. The Morgan fingerprint density at radius 1 is 1.46 bits per heavy atom. The van der Waals surface area contributed by atoms with E-state index in [-0.39, 0.29) is 0 Å². The van der Waals surface area contributed by atoms with Crippen molar-refractivity contribution in [3.8, 4) is 0 Å². The molecule has 0 aliphatic carbocycles. The molecule has 2 nitrogen and oxygen atoms in total. The molecule has 0 spiro atoms. The van der Waals surface area contributed by atoms with Crippen molar-refractivity contribution in [2.45, 2.75) is 26.0 Å². The number of nitrogens with one attached hydrogen (secondary N) is 1. The van der Waals surface area contributed by atoms with Crippen LogP contribution in [0.25, 0.3) is 0 Å². The van der Waals surface area contributed by atoms with Crippen LogP contribution in [0.3, 0.4) is 0 Å². The number of rotatable bonds is 6. The summed E-state index contributed by atoms with van der Waals surface area (Å²) in [5, 5.41) is 12.8. The minimum atomic E-state index is -0.502. The average molecular weight is 181 g/mol. The summed E-state index contributed by atoms with van der Waals surface area (Å²) in [5.74, 6) is 0. The normalized spacial score (nSPS) is 14.3. The van der Waals surface area contributed by atoms with Crippen molar-refractivity contribution in [2.75, 3.05) is 6.54 Å². The van der Waals surface area contributed by atoms with Gasteiger partial charge in [-0.3, -0.25) is 0 Å². The van der Waals surface area contributed by atoms with E-state index in [1.807, 2.05) is 13.8 Å². The summed E-state index contributed by atoms with van der Waals surface area (Å²) < 4.78 is 0.